The minimum atomic E-state index is -0.274. The van der Waals surface area contributed by atoms with Gasteiger partial charge >= 0.3 is 0 Å². The number of hydrogen-bond donors (Lipinski definition) is 0. The van der Waals surface area contributed by atoms with Gasteiger partial charge < -0.3 is 9.64 Å². The van der Waals surface area contributed by atoms with Crippen molar-refractivity contribution in [1.82, 2.24) is 4.90 Å². The van der Waals surface area contributed by atoms with Gasteiger partial charge in [-0.1, -0.05) is 12.1 Å². The van der Waals surface area contributed by atoms with Crippen molar-refractivity contribution in [2.45, 2.75) is 39.8 Å². The van der Waals surface area contributed by atoms with E-state index in [0.717, 1.165) is 5.56 Å². The second-order valence-electron chi connectivity index (χ2n) is 4.71. The van der Waals surface area contributed by atoms with Gasteiger partial charge in [-0.25, -0.2) is 4.39 Å². The van der Waals surface area contributed by atoms with Crippen LogP contribution in [0.4, 0.5) is 4.39 Å². The van der Waals surface area contributed by atoms with E-state index in [-0.39, 0.29) is 17.8 Å². The van der Waals surface area contributed by atoms with Gasteiger partial charge in [-0.3, -0.25) is 4.79 Å². The largest absolute Gasteiger partial charge is 0.378 e. The number of benzene rings is 1. The van der Waals surface area contributed by atoms with Crippen molar-refractivity contribution < 1.29 is 13.9 Å². The molecule has 1 amide bonds. The summed E-state index contributed by atoms with van der Waals surface area (Å²) >= 11 is 0. The molecule has 0 fully saturated rings. The molecule has 0 aliphatic heterocycles. The molecule has 0 aromatic heterocycles. The summed E-state index contributed by atoms with van der Waals surface area (Å²) in [6, 6.07) is 6.34. The van der Waals surface area contributed by atoms with Gasteiger partial charge in [0, 0.05) is 13.1 Å². The molecule has 19 heavy (non-hydrogen) atoms. The summed E-state index contributed by atoms with van der Waals surface area (Å²) in [5.41, 5.74) is 0.806. The summed E-state index contributed by atoms with van der Waals surface area (Å²) in [6.07, 6.45) is 0.493. The van der Waals surface area contributed by atoms with Crippen LogP contribution in [0, 0.1) is 5.82 Å². The molecule has 3 nitrogen and oxygen atoms in total. The van der Waals surface area contributed by atoms with Crippen molar-refractivity contribution in [3.05, 3.63) is 35.6 Å². The molecule has 0 unspecified atom stereocenters. The summed E-state index contributed by atoms with van der Waals surface area (Å²) < 4.78 is 18.5. The number of carbonyl (C=O) groups excluding carboxylic acids is 1. The predicted molar refractivity (Wildman–Crippen MR) is 73.2 cm³/mol. The van der Waals surface area contributed by atoms with Crippen molar-refractivity contribution in [1.29, 1.82) is 0 Å². The molecule has 4 heteroatoms. The van der Waals surface area contributed by atoms with Crippen LogP contribution in [-0.4, -0.2) is 30.1 Å². The Labute approximate surface area is 114 Å². The number of hydrogen-bond acceptors (Lipinski definition) is 2. The topological polar surface area (TPSA) is 29.5 Å². The maximum Gasteiger partial charge on any atom is 0.225 e. The van der Waals surface area contributed by atoms with E-state index in [9.17, 15) is 9.18 Å². The molecule has 0 spiro atoms. The van der Waals surface area contributed by atoms with Crippen LogP contribution in [0.2, 0.25) is 0 Å². The van der Waals surface area contributed by atoms with Gasteiger partial charge in [-0.2, -0.15) is 0 Å². The highest BCUT2D eigenvalue weighted by Crippen LogP contribution is 2.08. The Morgan fingerprint density at radius 3 is 2.74 bits per heavy atom. The lowest BCUT2D eigenvalue weighted by Gasteiger charge is -2.21. The average molecular weight is 267 g/mol. The van der Waals surface area contributed by atoms with Crippen molar-refractivity contribution in [3.8, 4) is 0 Å². The van der Waals surface area contributed by atoms with E-state index in [1.165, 1.54) is 12.1 Å². The fraction of sp³-hybridized carbons (Fsp3) is 0.533. The summed E-state index contributed by atoms with van der Waals surface area (Å²) in [5.74, 6) is -0.239. The summed E-state index contributed by atoms with van der Waals surface area (Å²) in [7, 11) is 0. The van der Waals surface area contributed by atoms with Crippen LogP contribution in [0.25, 0.3) is 0 Å². The van der Waals surface area contributed by atoms with Crippen LogP contribution in [0.15, 0.2) is 24.3 Å². The molecular weight excluding hydrogens is 245 g/mol. The maximum absolute atomic E-state index is 13.1. The van der Waals surface area contributed by atoms with Crippen LogP contribution < -0.4 is 0 Å². The molecule has 0 N–H and O–H groups in total. The third-order valence-corrected chi connectivity index (χ3v) is 2.76. The van der Waals surface area contributed by atoms with Gasteiger partial charge in [-0.15, -0.1) is 0 Å². The molecular formula is C15H22FNO2. The van der Waals surface area contributed by atoms with E-state index in [1.807, 2.05) is 26.8 Å². The van der Waals surface area contributed by atoms with E-state index in [2.05, 4.69) is 0 Å². The van der Waals surface area contributed by atoms with E-state index in [4.69, 9.17) is 4.74 Å². The first-order valence-corrected chi connectivity index (χ1v) is 6.66. The number of ether oxygens (including phenoxy) is 1. The highest BCUT2D eigenvalue weighted by atomic mass is 19.1. The van der Waals surface area contributed by atoms with Gasteiger partial charge in [0.1, 0.15) is 5.82 Å². The Morgan fingerprint density at radius 2 is 2.16 bits per heavy atom. The zero-order valence-electron chi connectivity index (χ0n) is 11.9. The van der Waals surface area contributed by atoms with Crippen LogP contribution >= 0.6 is 0 Å². The van der Waals surface area contributed by atoms with Crippen molar-refractivity contribution in [3.63, 3.8) is 0 Å². The molecule has 0 heterocycles. The number of rotatable bonds is 7. The Bertz CT molecular complexity index is 407. The Balaban J connectivity index is 2.50. The van der Waals surface area contributed by atoms with Gasteiger partial charge in [-0.05, 0) is 38.5 Å². The van der Waals surface area contributed by atoms with Crippen molar-refractivity contribution in [2.24, 2.45) is 0 Å². The minimum Gasteiger partial charge on any atom is -0.378 e. The molecule has 1 rings (SSSR count). The van der Waals surface area contributed by atoms with E-state index in [1.54, 1.807) is 11.0 Å². The molecule has 106 valence electrons. The van der Waals surface area contributed by atoms with Crippen LogP contribution in [0.1, 0.15) is 32.8 Å². The van der Waals surface area contributed by atoms with Crippen LogP contribution in [0.5, 0.6) is 0 Å². The normalized spacial score (nSPS) is 10.8. The smallest absolute Gasteiger partial charge is 0.225 e. The standard InChI is InChI=1S/C15H22FNO2/c1-4-17(15(18)8-9-19-12(2)3)11-13-6-5-7-14(16)10-13/h5-7,10,12H,4,8-9,11H2,1-3H3. The molecule has 0 atom stereocenters. The molecule has 0 radical (unpaired) electrons. The third-order valence-electron chi connectivity index (χ3n) is 2.76. The lowest BCUT2D eigenvalue weighted by Crippen LogP contribution is -2.31. The first-order chi connectivity index (χ1) is 9.02. The highest BCUT2D eigenvalue weighted by Gasteiger charge is 2.12. The lowest BCUT2D eigenvalue weighted by molar-refractivity contribution is -0.133. The van der Waals surface area contributed by atoms with Crippen molar-refractivity contribution in [2.75, 3.05) is 13.2 Å². The van der Waals surface area contributed by atoms with Crippen molar-refractivity contribution >= 4 is 5.91 Å². The second kappa shape index (κ2) is 7.89. The number of carbonyl (C=O) groups is 1. The Kier molecular flexibility index (Phi) is 6.50. The van der Waals surface area contributed by atoms with Gasteiger partial charge in [0.15, 0.2) is 0 Å². The molecule has 1 aromatic carbocycles. The summed E-state index contributed by atoms with van der Waals surface area (Å²) in [5, 5.41) is 0. The maximum atomic E-state index is 13.1. The monoisotopic (exact) mass is 267 g/mol. The van der Waals surface area contributed by atoms with Crippen LogP contribution in [-0.2, 0) is 16.1 Å². The molecule has 1 aromatic rings. The second-order valence-corrected chi connectivity index (χ2v) is 4.71. The highest BCUT2D eigenvalue weighted by molar-refractivity contribution is 5.76. The summed E-state index contributed by atoms with van der Waals surface area (Å²) in [6.45, 7) is 7.27. The molecule has 0 aliphatic rings. The first-order valence-electron chi connectivity index (χ1n) is 6.66. The SMILES string of the molecule is CCN(Cc1cccc(F)c1)C(=O)CCOC(C)C. The first kappa shape index (κ1) is 15.6. The molecule has 0 saturated heterocycles. The molecule has 0 saturated carbocycles. The van der Waals surface area contributed by atoms with Gasteiger partial charge in [0.05, 0.1) is 19.1 Å². The number of amides is 1. The fourth-order valence-electron chi connectivity index (χ4n) is 1.77. The zero-order valence-corrected chi connectivity index (χ0v) is 11.9. The third kappa shape index (κ3) is 5.83. The molecule has 0 aliphatic carbocycles. The average Bonchev–Trinajstić information content (AvgIpc) is 2.35. The number of nitrogens with zero attached hydrogens (tertiary/aromatic N) is 1. The fourth-order valence-corrected chi connectivity index (χ4v) is 1.77. The zero-order chi connectivity index (χ0) is 14.3. The predicted octanol–water partition coefficient (Wildman–Crippen LogP) is 2.99. The Morgan fingerprint density at radius 1 is 1.42 bits per heavy atom. The minimum absolute atomic E-state index is 0.0346. The Hall–Kier alpha value is -1.42. The quantitative estimate of drug-likeness (QED) is 0.760. The van der Waals surface area contributed by atoms with E-state index >= 15 is 0 Å². The van der Waals surface area contributed by atoms with E-state index < -0.39 is 0 Å². The van der Waals surface area contributed by atoms with Gasteiger partial charge in [0.25, 0.3) is 0 Å². The lowest BCUT2D eigenvalue weighted by atomic mass is 10.2. The number of halogens is 1. The van der Waals surface area contributed by atoms with Gasteiger partial charge in [0.2, 0.25) is 5.91 Å². The van der Waals surface area contributed by atoms with Crippen LogP contribution in [0.3, 0.4) is 0 Å². The summed E-state index contributed by atoms with van der Waals surface area (Å²) in [4.78, 5) is 13.7. The molecule has 0 bridgehead atoms. The van der Waals surface area contributed by atoms with E-state index in [0.29, 0.717) is 26.1 Å².